The smallest absolute Gasteiger partial charge is 0.213 e. The molecule has 0 saturated heterocycles. The van der Waals surface area contributed by atoms with Gasteiger partial charge in [0.15, 0.2) is 0 Å². The van der Waals surface area contributed by atoms with E-state index >= 15 is 0 Å². The first-order valence-corrected chi connectivity index (χ1v) is 5.24. The molecule has 17 heavy (non-hydrogen) atoms. The minimum absolute atomic E-state index is 0.260. The van der Waals surface area contributed by atoms with Gasteiger partial charge in [0.05, 0.1) is 12.8 Å². The molecule has 1 aromatic heterocycles. The van der Waals surface area contributed by atoms with Crippen LogP contribution in [0.4, 0.5) is 4.39 Å². The number of nitrogens with zero attached hydrogens (tertiary/aromatic N) is 1. The molecule has 0 amide bonds. The number of nitrogens with two attached hydrogens (primary N) is 1. The zero-order valence-corrected chi connectivity index (χ0v) is 9.48. The van der Waals surface area contributed by atoms with E-state index < -0.39 is 0 Å². The van der Waals surface area contributed by atoms with Crippen molar-refractivity contribution in [2.24, 2.45) is 5.73 Å². The van der Waals surface area contributed by atoms with Gasteiger partial charge in [-0.1, -0.05) is 12.1 Å². The van der Waals surface area contributed by atoms with Gasteiger partial charge in [-0.2, -0.15) is 0 Å². The molecule has 0 fully saturated rings. The van der Waals surface area contributed by atoms with Gasteiger partial charge in [-0.15, -0.1) is 0 Å². The predicted octanol–water partition coefficient (Wildman–Crippen LogP) is 2.35. The molecular weight excluding hydrogens is 219 g/mol. The molecular formula is C13H13FN2O. The Labute approximate surface area is 99.1 Å². The van der Waals surface area contributed by atoms with E-state index in [1.54, 1.807) is 25.3 Å². The average Bonchev–Trinajstić information content (AvgIpc) is 2.39. The summed E-state index contributed by atoms with van der Waals surface area (Å²) in [5.74, 6) is 0.265. The second-order valence-corrected chi connectivity index (χ2v) is 3.56. The Morgan fingerprint density at radius 1 is 1.18 bits per heavy atom. The van der Waals surface area contributed by atoms with E-state index in [2.05, 4.69) is 4.98 Å². The normalized spacial score (nSPS) is 10.3. The Bertz CT molecular complexity index is 511. The third-order valence-electron chi connectivity index (χ3n) is 2.51. The maximum Gasteiger partial charge on any atom is 0.213 e. The largest absolute Gasteiger partial charge is 0.481 e. The Hall–Kier alpha value is -1.94. The molecule has 1 aromatic carbocycles. The first kappa shape index (κ1) is 11.5. The number of halogens is 1. The van der Waals surface area contributed by atoms with Crippen molar-refractivity contribution in [1.82, 2.24) is 4.98 Å². The fourth-order valence-corrected chi connectivity index (χ4v) is 1.64. The first-order chi connectivity index (χ1) is 8.24. The van der Waals surface area contributed by atoms with E-state index in [0.29, 0.717) is 12.4 Å². The van der Waals surface area contributed by atoms with E-state index in [0.717, 1.165) is 16.8 Å². The van der Waals surface area contributed by atoms with Gasteiger partial charge in [-0.05, 0) is 23.8 Å². The van der Waals surface area contributed by atoms with Gasteiger partial charge < -0.3 is 10.5 Å². The number of rotatable bonds is 3. The minimum atomic E-state index is -0.260. The fourth-order valence-electron chi connectivity index (χ4n) is 1.64. The van der Waals surface area contributed by atoms with Crippen molar-refractivity contribution in [2.75, 3.05) is 7.11 Å². The fraction of sp³-hybridized carbons (Fsp3) is 0.154. The number of pyridine rings is 1. The van der Waals surface area contributed by atoms with E-state index in [4.69, 9.17) is 10.5 Å². The number of benzene rings is 1. The van der Waals surface area contributed by atoms with Crippen molar-refractivity contribution in [1.29, 1.82) is 0 Å². The molecule has 2 aromatic rings. The van der Waals surface area contributed by atoms with Crippen molar-refractivity contribution in [3.63, 3.8) is 0 Å². The molecule has 0 radical (unpaired) electrons. The molecule has 0 bridgehead atoms. The molecule has 88 valence electrons. The van der Waals surface area contributed by atoms with Crippen molar-refractivity contribution in [3.05, 3.63) is 47.9 Å². The van der Waals surface area contributed by atoms with Crippen molar-refractivity contribution >= 4 is 0 Å². The van der Waals surface area contributed by atoms with Crippen LogP contribution in [0.15, 0.2) is 36.4 Å². The first-order valence-electron chi connectivity index (χ1n) is 5.24. The van der Waals surface area contributed by atoms with Crippen LogP contribution in [0.25, 0.3) is 11.1 Å². The van der Waals surface area contributed by atoms with E-state index in [-0.39, 0.29) is 5.82 Å². The molecule has 0 aliphatic carbocycles. The SMILES string of the molecule is COc1ccc(-c2ccc(F)cc2)c(CN)n1. The molecule has 3 nitrogen and oxygen atoms in total. The van der Waals surface area contributed by atoms with Crippen LogP contribution < -0.4 is 10.5 Å². The second-order valence-electron chi connectivity index (χ2n) is 3.56. The lowest BCUT2D eigenvalue weighted by molar-refractivity contribution is 0.396. The van der Waals surface area contributed by atoms with Crippen molar-refractivity contribution in [3.8, 4) is 17.0 Å². The Balaban J connectivity index is 2.47. The summed E-state index contributed by atoms with van der Waals surface area (Å²) >= 11 is 0. The zero-order chi connectivity index (χ0) is 12.3. The van der Waals surface area contributed by atoms with E-state index in [1.807, 2.05) is 6.07 Å². The topological polar surface area (TPSA) is 48.1 Å². The van der Waals surface area contributed by atoms with Gasteiger partial charge >= 0.3 is 0 Å². The number of hydrogen-bond donors (Lipinski definition) is 1. The van der Waals surface area contributed by atoms with Gasteiger partial charge in [0, 0.05) is 18.2 Å². The van der Waals surface area contributed by atoms with Crippen molar-refractivity contribution < 1.29 is 9.13 Å². The van der Waals surface area contributed by atoms with Gasteiger partial charge in [0.25, 0.3) is 0 Å². The third-order valence-corrected chi connectivity index (χ3v) is 2.51. The van der Waals surface area contributed by atoms with Crippen molar-refractivity contribution in [2.45, 2.75) is 6.54 Å². The summed E-state index contributed by atoms with van der Waals surface area (Å²) in [4.78, 5) is 4.27. The molecule has 0 unspecified atom stereocenters. The standard InChI is InChI=1S/C13H13FN2O/c1-17-13-7-6-11(12(8-15)16-13)9-2-4-10(14)5-3-9/h2-7H,8,15H2,1H3. The van der Waals surface area contributed by atoms with Gasteiger partial charge in [-0.3, -0.25) is 0 Å². The lowest BCUT2D eigenvalue weighted by Crippen LogP contribution is -2.03. The van der Waals surface area contributed by atoms with Crippen LogP contribution in [0.2, 0.25) is 0 Å². The Morgan fingerprint density at radius 3 is 2.47 bits per heavy atom. The van der Waals surface area contributed by atoms with Crippen LogP contribution in [0.1, 0.15) is 5.69 Å². The monoisotopic (exact) mass is 232 g/mol. The van der Waals surface area contributed by atoms with Crippen LogP contribution in [-0.2, 0) is 6.54 Å². The summed E-state index contributed by atoms with van der Waals surface area (Å²) < 4.78 is 17.9. The maximum atomic E-state index is 12.8. The molecule has 0 aliphatic rings. The summed E-state index contributed by atoms with van der Waals surface area (Å²) in [5, 5.41) is 0. The summed E-state index contributed by atoms with van der Waals surface area (Å²) in [7, 11) is 1.56. The summed E-state index contributed by atoms with van der Waals surface area (Å²) in [6.07, 6.45) is 0. The summed E-state index contributed by atoms with van der Waals surface area (Å²) in [6, 6.07) is 9.88. The molecule has 0 aliphatic heterocycles. The Kier molecular flexibility index (Phi) is 3.35. The van der Waals surface area contributed by atoms with Crippen LogP contribution in [0, 0.1) is 5.82 Å². The lowest BCUT2D eigenvalue weighted by atomic mass is 10.0. The van der Waals surface area contributed by atoms with Crippen LogP contribution in [-0.4, -0.2) is 12.1 Å². The van der Waals surface area contributed by atoms with E-state index in [1.165, 1.54) is 12.1 Å². The second kappa shape index (κ2) is 4.93. The molecule has 0 saturated carbocycles. The number of methoxy groups -OCH3 is 1. The van der Waals surface area contributed by atoms with Gasteiger partial charge in [0.1, 0.15) is 5.82 Å². The minimum Gasteiger partial charge on any atom is -0.481 e. The molecule has 2 N–H and O–H groups in total. The number of hydrogen-bond acceptors (Lipinski definition) is 3. The summed E-state index contributed by atoms with van der Waals surface area (Å²) in [6.45, 7) is 0.309. The number of ether oxygens (including phenoxy) is 1. The van der Waals surface area contributed by atoms with Crippen LogP contribution in [0.3, 0.4) is 0 Å². The highest BCUT2D eigenvalue weighted by Gasteiger charge is 2.07. The van der Waals surface area contributed by atoms with Crippen LogP contribution >= 0.6 is 0 Å². The van der Waals surface area contributed by atoms with E-state index in [9.17, 15) is 4.39 Å². The molecule has 4 heteroatoms. The predicted molar refractivity (Wildman–Crippen MR) is 64.1 cm³/mol. The average molecular weight is 232 g/mol. The molecule has 1 heterocycles. The quantitative estimate of drug-likeness (QED) is 0.883. The zero-order valence-electron chi connectivity index (χ0n) is 9.48. The maximum absolute atomic E-state index is 12.8. The highest BCUT2D eigenvalue weighted by Crippen LogP contribution is 2.24. The highest BCUT2D eigenvalue weighted by atomic mass is 19.1. The van der Waals surface area contributed by atoms with Crippen LogP contribution in [0.5, 0.6) is 5.88 Å². The summed E-state index contributed by atoms with van der Waals surface area (Å²) in [5.41, 5.74) is 8.17. The van der Waals surface area contributed by atoms with Gasteiger partial charge in [0.2, 0.25) is 5.88 Å². The molecule has 0 spiro atoms. The van der Waals surface area contributed by atoms with Gasteiger partial charge in [-0.25, -0.2) is 9.37 Å². The molecule has 2 rings (SSSR count). The third kappa shape index (κ3) is 2.42. The highest BCUT2D eigenvalue weighted by molar-refractivity contribution is 5.66. The number of aromatic nitrogens is 1. The lowest BCUT2D eigenvalue weighted by Gasteiger charge is -2.09. The molecule has 0 atom stereocenters. The Morgan fingerprint density at radius 2 is 1.88 bits per heavy atom.